The third kappa shape index (κ3) is 5.44. The Balaban J connectivity index is 1.90. The van der Waals surface area contributed by atoms with E-state index in [1.807, 2.05) is 43.3 Å². The van der Waals surface area contributed by atoms with Crippen molar-refractivity contribution in [2.24, 2.45) is 0 Å². The largest absolute Gasteiger partial charge is 0.385 e. The van der Waals surface area contributed by atoms with Gasteiger partial charge in [-0.2, -0.15) is 0 Å². The highest BCUT2D eigenvalue weighted by atomic mass is 35.5. The summed E-state index contributed by atoms with van der Waals surface area (Å²) in [5.41, 5.74) is 0.826. The van der Waals surface area contributed by atoms with Gasteiger partial charge in [-0.25, -0.2) is 4.98 Å². The van der Waals surface area contributed by atoms with Gasteiger partial charge in [0.05, 0.1) is 38.1 Å². The fraction of sp³-hybridized carbons (Fsp3) is 0.250. The van der Waals surface area contributed by atoms with Crippen LogP contribution in [0.1, 0.15) is 42.0 Å². The van der Waals surface area contributed by atoms with Crippen LogP contribution in [0.5, 0.6) is 0 Å². The number of halogens is 1. The van der Waals surface area contributed by atoms with Gasteiger partial charge in [0, 0.05) is 32.4 Å². The van der Waals surface area contributed by atoms with Crippen LogP contribution >= 0.6 is 11.6 Å². The number of para-hydroxylation sites is 2. The predicted octanol–water partition coefficient (Wildman–Crippen LogP) is 5.58. The number of hydrogen-bond acceptors (Lipinski definition) is 6. The number of carbonyl (C=O) groups excluding carboxylic acids is 1. The third-order valence-electron chi connectivity index (χ3n) is 6.28. The second kappa shape index (κ2) is 12.0. The topological polar surface area (TPSA) is 108 Å². The highest BCUT2D eigenvalue weighted by molar-refractivity contribution is 6.34. The maximum Gasteiger partial charge on any atom is 0.270 e. The number of amides is 1. The molecule has 0 saturated heterocycles. The first kappa shape index (κ1) is 27.0. The summed E-state index contributed by atoms with van der Waals surface area (Å²) in [5.74, 6) is -0.0129. The first-order chi connectivity index (χ1) is 18.4. The Kier molecular flexibility index (Phi) is 8.50. The first-order valence-electron chi connectivity index (χ1n) is 12.2. The Morgan fingerprint density at radius 3 is 2.50 bits per heavy atom. The van der Waals surface area contributed by atoms with Crippen molar-refractivity contribution in [3.05, 3.63) is 110 Å². The molecule has 10 heteroatoms. The second-order valence-corrected chi connectivity index (χ2v) is 9.06. The molecule has 38 heavy (non-hydrogen) atoms. The van der Waals surface area contributed by atoms with Crippen LogP contribution in [0.25, 0.3) is 16.6 Å². The second-order valence-electron chi connectivity index (χ2n) is 8.65. The predicted molar refractivity (Wildman–Crippen MR) is 146 cm³/mol. The Bertz CT molecular complexity index is 1520. The van der Waals surface area contributed by atoms with Crippen molar-refractivity contribution < 1.29 is 14.5 Å². The molecule has 0 aliphatic rings. The van der Waals surface area contributed by atoms with Crippen molar-refractivity contribution in [2.45, 2.75) is 25.8 Å². The molecule has 196 valence electrons. The van der Waals surface area contributed by atoms with E-state index in [9.17, 15) is 19.7 Å². The minimum atomic E-state index is -0.608. The van der Waals surface area contributed by atoms with Gasteiger partial charge in [-0.3, -0.25) is 24.3 Å². The number of rotatable bonds is 10. The van der Waals surface area contributed by atoms with E-state index in [0.29, 0.717) is 41.9 Å². The van der Waals surface area contributed by atoms with Crippen LogP contribution in [0.3, 0.4) is 0 Å². The van der Waals surface area contributed by atoms with E-state index >= 15 is 0 Å². The number of hydrogen-bond donors (Lipinski definition) is 0. The van der Waals surface area contributed by atoms with Gasteiger partial charge in [0.1, 0.15) is 5.82 Å². The number of nitro groups is 1. The van der Waals surface area contributed by atoms with E-state index in [1.165, 1.54) is 12.1 Å². The van der Waals surface area contributed by atoms with Crippen molar-refractivity contribution in [3.8, 4) is 5.69 Å². The fourth-order valence-electron chi connectivity index (χ4n) is 4.47. The molecular formula is C28H27ClN4O5. The number of fused-ring (bicyclic) bond motifs is 1. The average molecular weight is 535 g/mol. The third-order valence-corrected chi connectivity index (χ3v) is 6.59. The summed E-state index contributed by atoms with van der Waals surface area (Å²) in [7, 11) is 1.58. The first-order valence-corrected chi connectivity index (χ1v) is 12.6. The van der Waals surface area contributed by atoms with Gasteiger partial charge in [-0.1, -0.05) is 48.9 Å². The molecule has 4 aromatic rings. The number of carbonyl (C=O) groups is 1. The van der Waals surface area contributed by atoms with Gasteiger partial charge in [0.2, 0.25) is 0 Å². The molecule has 1 unspecified atom stereocenters. The van der Waals surface area contributed by atoms with Crippen LogP contribution in [0.2, 0.25) is 5.02 Å². The molecule has 0 bridgehead atoms. The number of benzene rings is 3. The van der Waals surface area contributed by atoms with E-state index in [0.717, 1.165) is 6.07 Å². The number of ether oxygens (including phenoxy) is 1. The zero-order valence-corrected chi connectivity index (χ0v) is 21.8. The number of nitrogens with zero attached hydrogens (tertiary/aromatic N) is 4. The molecule has 3 aromatic carbocycles. The standard InChI is InChI=1S/C28H27ClN4O5/c1-3-25(31(16-9-17-38-2)27(34)21-15-14-20(33(36)37)18-23(21)29)26-30-24-13-8-7-12-22(24)28(35)32(26)19-10-5-4-6-11-19/h4-8,10-15,18,25H,3,9,16-17H2,1-2H3. The molecule has 1 amide bonds. The van der Waals surface area contributed by atoms with Crippen molar-refractivity contribution in [3.63, 3.8) is 0 Å². The lowest BCUT2D eigenvalue weighted by atomic mass is 10.1. The molecule has 0 fully saturated rings. The number of nitro benzene ring substituents is 1. The summed E-state index contributed by atoms with van der Waals surface area (Å²) < 4.78 is 6.77. The lowest BCUT2D eigenvalue weighted by Crippen LogP contribution is -2.39. The Morgan fingerprint density at radius 1 is 1.13 bits per heavy atom. The molecular weight excluding hydrogens is 508 g/mol. The smallest absolute Gasteiger partial charge is 0.270 e. The zero-order valence-electron chi connectivity index (χ0n) is 21.0. The quantitative estimate of drug-likeness (QED) is 0.149. The van der Waals surface area contributed by atoms with Gasteiger partial charge < -0.3 is 9.64 Å². The summed E-state index contributed by atoms with van der Waals surface area (Å²) in [6.45, 7) is 2.61. The Hall–Kier alpha value is -4.08. The SMILES string of the molecule is CCC(c1nc2ccccc2c(=O)n1-c1ccccc1)N(CCCOC)C(=O)c1ccc([N+](=O)[O-])cc1Cl. The van der Waals surface area contributed by atoms with Crippen molar-refractivity contribution in [1.82, 2.24) is 14.5 Å². The van der Waals surface area contributed by atoms with Gasteiger partial charge in [0.25, 0.3) is 17.2 Å². The Labute approximate surface area is 224 Å². The lowest BCUT2D eigenvalue weighted by molar-refractivity contribution is -0.384. The van der Waals surface area contributed by atoms with Crippen molar-refractivity contribution in [2.75, 3.05) is 20.3 Å². The molecule has 0 saturated carbocycles. The minimum Gasteiger partial charge on any atom is -0.385 e. The van der Waals surface area contributed by atoms with Gasteiger partial charge in [-0.15, -0.1) is 0 Å². The number of methoxy groups -OCH3 is 1. The maximum atomic E-state index is 13.9. The molecule has 1 heterocycles. The van der Waals surface area contributed by atoms with Crippen LogP contribution in [-0.2, 0) is 4.74 Å². The molecule has 9 nitrogen and oxygen atoms in total. The monoisotopic (exact) mass is 534 g/mol. The maximum absolute atomic E-state index is 13.9. The van der Waals surface area contributed by atoms with E-state index in [1.54, 1.807) is 34.8 Å². The van der Waals surface area contributed by atoms with Crippen LogP contribution in [0.4, 0.5) is 5.69 Å². The molecule has 0 N–H and O–H groups in total. The lowest BCUT2D eigenvalue weighted by Gasteiger charge is -2.32. The summed E-state index contributed by atoms with van der Waals surface area (Å²) in [4.78, 5) is 44.8. The molecule has 0 aliphatic heterocycles. The number of aromatic nitrogens is 2. The number of non-ortho nitro benzene ring substituents is 1. The summed E-state index contributed by atoms with van der Waals surface area (Å²) in [5, 5.41) is 11.6. The summed E-state index contributed by atoms with van der Waals surface area (Å²) in [6.07, 6.45) is 0.966. The van der Waals surface area contributed by atoms with Crippen LogP contribution in [0, 0.1) is 10.1 Å². The van der Waals surface area contributed by atoms with E-state index in [2.05, 4.69) is 0 Å². The molecule has 1 atom stereocenters. The van der Waals surface area contributed by atoms with Crippen molar-refractivity contribution >= 4 is 34.1 Å². The fourth-order valence-corrected chi connectivity index (χ4v) is 4.72. The van der Waals surface area contributed by atoms with Gasteiger partial charge >= 0.3 is 0 Å². The summed E-state index contributed by atoms with van der Waals surface area (Å²) >= 11 is 6.35. The molecule has 4 rings (SSSR count). The Morgan fingerprint density at radius 2 is 1.84 bits per heavy atom. The van der Waals surface area contributed by atoms with Crippen LogP contribution in [0.15, 0.2) is 77.6 Å². The molecule has 0 aliphatic carbocycles. The summed E-state index contributed by atoms with van der Waals surface area (Å²) in [6, 6.07) is 19.4. The van der Waals surface area contributed by atoms with Crippen LogP contribution < -0.4 is 5.56 Å². The zero-order chi connectivity index (χ0) is 27.2. The van der Waals surface area contributed by atoms with Gasteiger partial charge in [-0.05, 0) is 43.2 Å². The highest BCUT2D eigenvalue weighted by Gasteiger charge is 2.31. The molecule has 0 radical (unpaired) electrons. The van der Waals surface area contributed by atoms with E-state index in [-0.39, 0.29) is 28.4 Å². The minimum absolute atomic E-state index is 0.0253. The van der Waals surface area contributed by atoms with Gasteiger partial charge in [0.15, 0.2) is 0 Å². The molecule has 0 spiro atoms. The van der Waals surface area contributed by atoms with Crippen LogP contribution in [-0.4, -0.2) is 45.5 Å². The molecule has 1 aromatic heterocycles. The van der Waals surface area contributed by atoms with E-state index < -0.39 is 16.9 Å². The average Bonchev–Trinajstić information content (AvgIpc) is 2.93. The highest BCUT2D eigenvalue weighted by Crippen LogP contribution is 2.30. The normalized spacial score (nSPS) is 11.9. The van der Waals surface area contributed by atoms with E-state index in [4.69, 9.17) is 21.3 Å². The van der Waals surface area contributed by atoms with Crippen molar-refractivity contribution in [1.29, 1.82) is 0 Å².